The highest BCUT2D eigenvalue weighted by Gasteiger charge is 2.17. The number of phenols is 1. The van der Waals surface area contributed by atoms with Gasteiger partial charge in [0.25, 0.3) is 0 Å². The molecule has 0 aliphatic heterocycles. The molecule has 0 fully saturated rings. The Bertz CT molecular complexity index is 1040. The molecule has 3 rings (SSSR count). The Kier molecular flexibility index (Phi) is 5.29. The molecule has 3 aromatic rings. The van der Waals surface area contributed by atoms with Crippen molar-refractivity contribution in [2.45, 2.75) is 6.61 Å². The second-order valence-corrected chi connectivity index (χ2v) is 5.82. The molecule has 0 aliphatic rings. The van der Waals surface area contributed by atoms with E-state index in [1.807, 2.05) is 36.4 Å². The third-order valence-electron chi connectivity index (χ3n) is 3.92. The summed E-state index contributed by atoms with van der Waals surface area (Å²) >= 11 is 0. The lowest BCUT2D eigenvalue weighted by Gasteiger charge is -2.08. The van der Waals surface area contributed by atoms with Crippen molar-refractivity contribution in [1.82, 2.24) is 0 Å². The molecule has 0 atom stereocenters. The molecule has 0 heterocycles. The summed E-state index contributed by atoms with van der Waals surface area (Å²) in [6.07, 6.45) is 0. The highest BCUT2D eigenvalue weighted by molar-refractivity contribution is 6.11. The molecule has 132 valence electrons. The summed E-state index contributed by atoms with van der Waals surface area (Å²) in [5, 5.41) is 19.1. The van der Waals surface area contributed by atoms with Crippen molar-refractivity contribution in [3.63, 3.8) is 0 Å². The van der Waals surface area contributed by atoms with Crippen LogP contribution in [0.25, 0.3) is 0 Å². The molecule has 0 amide bonds. The number of para-hydroxylation sites is 1. The van der Waals surface area contributed by atoms with E-state index >= 15 is 0 Å². The molecule has 0 bridgehead atoms. The Hall–Kier alpha value is -3.91. The summed E-state index contributed by atoms with van der Waals surface area (Å²) in [5.41, 5.74) is 1.30. The molecular weight excluding hydrogens is 342 g/mol. The zero-order chi connectivity index (χ0) is 19.2. The monoisotopic (exact) mass is 357 g/mol. The normalized spacial score (nSPS) is 10.0. The van der Waals surface area contributed by atoms with E-state index in [2.05, 4.69) is 0 Å². The van der Waals surface area contributed by atoms with Crippen LogP contribution in [-0.4, -0.2) is 16.9 Å². The number of carbonyl (C=O) groups is 2. The smallest absolute Gasteiger partial charge is 0.338 e. The van der Waals surface area contributed by atoms with E-state index in [0.717, 1.165) is 5.56 Å². The summed E-state index contributed by atoms with van der Waals surface area (Å²) in [6, 6.07) is 21.3. The van der Waals surface area contributed by atoms with E-state index in [-0.39, 0.29) is 34.6 Å². The van der Waals surface area contributed by atoms with Gasteiger partial charge in [0.1, 0.15) is 12.4 Å². The van der Waals surface area contributed by atoms with Crippen LogP contribution in [0.3, 0.4) is 0 Å². The van der Waals surface area contributed by atoms with Gasteiger partial charge in [0.2, 0.25) is 0 Å². The van der Waals surface area contributed by atoms with Crippen LogP contribution in [0.4, 0.5) is 0 Å². The van der Waals surface area contributed by atoms with Gasteiger partial charge in [-0.3, -0.25) is 4.79 Å². The van der Waals surface area contributed by atoms with Gasteiger partial charge >= 0.3 is 5.97 Å². The Morgan fingerprint density at radius 1 is 0.926 bits per heavy atom. The van der Waals surface area contributed by atoms with E-state index in [9.17, 15) is 20.0 Å². The molecule has 1 N–H and O–H groups in total. The van der Waals surface area contributed by atoms with Crippen molar-refractivity contribution in [2.75, 3.05) is 0 Å². The van der Waals surface area contributed by atoms with E-state index in [0.29, 0.717) is 0 Å². The Morgan fingerprint density at radius 2 is 1.59 bits per heavy atom. The number of nitrogens with zero attached hydrogens (tertiary/aromatic N) is 1. The average Bonchev–Trinajstić information content (AvgIpc) is 2.72. The van der Waals surface area contributed by atoms with Crippen LogP contribution in [0, 0.1) is 11.3 Å². The summed E-state index contributed by atoms with van der Waals surface area (Å²) in [6.45, 7) is 0.0825. The molecule has 27 heavy (non-hydrogen) atoms. The maximum absolute atomic E-state index is 12.7. The van der Waals surface area contributed by atoms with Crippen molar-refractivity contribution in [2.24, 2.45) is 0 Å². The van der Waals surface area contributed by atoms with Crippen LogP contribution in [0.2, 0.25) is 0 Å². The maximum Gasteiger partial charge on any atom is 0.338 e. The summed E-state index contributed by atoms with van der Waals surface area (Å²) in [7, 11) is 0. The van der Waals surface area contributed by atoms with Crippen molar-refractivity contribution < 1.29 is 19.4 Å². The fraction of sp³-hybridized carbons (Fsp3) is 0.0455. The molecule has 0 aromatic heterocycles. The fourth-order valence-corrected chi connectivity index (χ4v) is 2.57. The minimum absolute atomic E-state index is 0.0825. The van der Waals surface area contributed by atoms with E-state index in [1.54, 1.807) is 12.1 Å². The highest BCUT2D eigenvalue weighted by atomic mass is 16.5. The number of benzene rings is 3. The minimum atomic E-state index is -0.637. The second-order valence-electron chi connectivity index (χ2n) is 5.82. The quantitative estimate of drug-likeness (QED) is 0.553. The first-order valence-corrected chi connectivity index (χ1v) is 8.17. The van der Waals surface area contributed by atoms with Gasteiger partial charge in [0.15, 0.2) is 5.78 Å². The molecular formula is C22H15NO4. The summed E-state index contributed by atoms with van der Waals surface area (Å²) in [4.78, 5) is 25.0. The number of carbonyl (C=O) groups excluding carboxylic acids is 2. The zero-order valence-electron chi connectivity index (χ0n) is 14.3. The van der Waals surface area contributed by atoms with Crippen LogP contribution >= 0.6 is 0 Å². The number of ketones is 1. The SMILES string of the molecule is N#Cc1cc(C(=O)OCc2ccccc2)cc(C(=O)c2ccccc2O)c1. The van der Waals surface area contributed by atoms with E-state index in [4.69, 9.17) is 4.74 Å². The molecule has 0 radical (unpaired) electrons. The van der Waals surface area contributed by atoms with E-state index in [1.165, 1.54) is 30.3 Å². The van der Waals surface area contributed by atoms with Gasteiger partial charge < -0.3 is 9.84 Å². The number of hydrogen-bond donors (Lipinski definition) is 1. The number of phenolic OH excluding ortho intramolecular Hbond substituents is 1. The minimum Gasteiger partial charge on any atom is -0.507 e. The Balaban J connectivity index is 1.87. The van der Waals surface area contributed by atoms with Gasteiger partial charge in [0.05, 0.1) is 22.8 Å². The van der Waals surface area contributed by atoms with Crippen LogP contribution in [0.5, 0.6) is 5.75 Å². The number of nitriles is 1. The maximum atomic E-state index is 12.7. The van der Waals surface area contributed by atoms with Gasteiger partial charge in [-0.05, 0) is 35.9 Å². The first kappa shape index (κ1) is 17.9. The second kappa shape index (κ2) is 7.98. The lowest BCUT2D eigenvalue weighted by molar-refractivity contribution is 0.0472. The topological polar surface area (TPSA) is 87.4 Å². The molecule has 0 unspecified atom stereocenters. The molecule has 5 nitrogen and oxygen atoms in total. The molecule has 3 aromatic carbocycles. The van der Waals surface area contributed by atoms with Gasteiger partial charge in [-0.2, -0.15) is 5.26 Å². The first-order chi connectivity index (χ1) is 13.1. The van der Waals surface area contributed by atoms with Crippen molar-refractivity contribution in [3.05, 3.63) is 101 Å². The van der Waals surface area contributed by atoms with Crippen molar-refractivity contribution >= 4 is 11.8 Å². The largest absolute Gasteiger partial charge is 0.507 e. The van der Waals surface area contributed by atoms with Crippen LogP contribution in [0.15, 0.2) is 72.8 Å². The standard InChI is InChI=1S/C22H15NO4/c23-13-16-10-17(21(25)19-8-4-5-9-20(19)24)12-18(11-16)22(26)27-14-15-6-2-1-3-7-15/h1-12,24H,14H2. The predicted molar refractivity (Wildman–Crippen MR) is 98.3 cm³/mol. The number of aromatic hydroxyl groups is 1. The van der Waals surface area contributed by atoms with Crippen LogP contribution in [0.1, 0.15) is 37.4 Å². The third-order valence-corrected chi connectivity index (χ3v) is 3.92. The molecule has 0 saturated carbocycles. The van der Waals surface area contributed by atoms with Crippen molar-refractivity contribution in [3.8, 4) is 11.8 Å². The molecule has 5 heteroatoms. The summed E-state index contributed by atoms with van der Waals surface area (Å²) < 4.78 is 5.27. The lowest BCUT2D eigenvalue weighted by Crippen LogP contribution is -2.09. The fourth-order valence-electron chi connectivity index (χ4n) is 2.57. The van der Waals surface area contributed by atoms with Gasteiger partial charge in [-0.15, -0.1) is 0 Å². The number of ether oxygens (including phenoxy) is 1. The van der Waals surface area contributed by atoms with Crippen LogP contribution in [-0.2, 0) is 11.3 Å². The van der Waals surface area contributed by atoms with Gasteiger partial charge in [-0.25, -0.2) is 4.79 Å². The molecule has 0 saturated heterocycles. The Morgan fingerprint density at radius 3 is 2.30 bits per heavy atom. The van der Waals surface area contributed by atoms with Gasteiger partial charge in [0, 0.05) is 5.56 Å². The van der Waals surface area contributed by atoms with E-state index < -0.39 is 11.8 Å². The Labute approximate surface area is 156 Å². The predicted octanol–water partition coefficient (Wildman–Crippen LogP) is 3.85. The van der Waals surface area contributed by atoms with Crippen molar-refractivity contribution in [1.29, 1.82) is 5.26 Å². The average molecular weight is 357 g/mol. The third kappa shape index (κ3) is 4.20. The number of hydrogen-bond acceptors (Lipinski definition) is 5. The number of rotatable bonds is 5. The molecule has 0 spiro atoms. The lowest BCUT2D eigenvalue weighted by atomic mass is 9.98. The highest BCUT2D eigenvalue weighted by Crippen LogP contribution is 2.22. The summed E-state index contributed by atoms with van der Waals surface area (Å²) in [5.74, 6) is -1.29. The number of esters is 1. The zero-order valence-corrected chi connectivity index (χ0v) is 14.3. The molecule has 0 aliphatic carbocycles. The first-order valence-electron chi connectivity index (χ1n) is 8.17. The van der Waals surface area contributed by atoms with Gasteiger partial charge in [-0.1, -0.05) is 42.5 Å². The van der Waals surface area contributed by atoms with Crippen LogP contribution < -0.4 is 0 Å².